The first-order chi connectivity index (χ1) is 11.2. The van der Waals surface area contributed by atoms with Crippen LogP contribution in [0.3, 0.4) is 0 Å². The maximum atomic E-state index is 6.57. The van der Waals surface area contributed by atoms with Gasteiger partial charge in [-0.1, -0.05) is 70.9 Å². The highest BCUT2D eigenvalue weighted by atomic mass is 28.4. The largest absolute Gasteiger partial charge is 0.537 e. The summed E-state index contributed by atoms with van der Waals surface area (Å²) >= 11 is 0. The highest BCUT2D eigenvalue weighted by Crippen LogP contribution is 2.19. The Morgan fingerprint density at radius 1 is 0.870 bits per heavy atom. The lowest BCUT2D eigenvalue weighted by Crippen LogP contribution is -2.58. The number of hydrogen-bond donors (Lipinski definition) is 0. The molecule has 0 N–H and O–H groups in total. The Hall–Kier alpha value is -0.683. The summed E-state index contributed by atoms with van der Waals surface area (Å²) in [7, 11) is -2.85. The fourth-order valence-corrected chi connectivity index (χ4v) is 5.42. The molecule has 1 aromatic rings. The van der Waals surface area contributed by atoms with Gasteiger partial charge in [-0.2, -0.15) is 0 Å². The quantitative estimate of drug-likeness (QED) is 0.489. The summed E-state index contributed by atoms with van der Waals surface area (Å²) in [5.74, 6) is 0. The first kappa shape index (κ1) is 20.4. The Morgan fingerprint density at radius 2 is 1.48 bits per heavy atom. The van der Waals surface area contributed by atoms with E-state index < -0.39 is 8.80 Å². The van der Waals surface area contributed by atoms with Gasteiger partial charge in [0.15, 0.2) is 0 Å². The second-order valence-electron chi connectivity index (χ2n) is 5.91. The molecule has 132 valence electrons. The molecule has 0 aliphatic rings. The molecule has 0 saturated heterocycles. The number of rotatable bonds is 13. The molecule has 1 aromatic carbocycles. The van der Waals surface area contributed by atoms with Gasteiger partial charge in [0.2, 0.25) is 0 Å². The van der Waals surface area contributed by atoms with E-state index in [2.05, 4.69) is 39.8 Å². The van der Waals surface area contributed by atoms with Gasteiger partial charge in [0.25, 0.3) is 0 Å². The summed E-state index contributed by atoms with van der Waals surface area (Å²) in [5, 5.41) is 1.08. The van der Waals surface area contributed by atoms with E-state index >= 15 is 0 Å². The van der Waals surface area contributed by atoms with Crippen LogP contribution in [0, 0.1) is 0 Å². The highest BCUT2D eigenvalue weighted by molar-refractivity contribution is 6.75. The van der Waals surface area contributed by atoms with E-state index in [-0.39, 0.29) is 6.10 Å². The van der Waals surface area contributed by atoms with Gasteiger partial charge in [-0.25, -0.2) is 0 Å². The van der Waals surface area contributed by atoms with Gasteiger partial charge in [0.05, 0.1) is 0 Å². The minimum absolute atomic E-state index is 0.204. The van der Waals surface area contributed by atoms with Crippen molar-refractivity contribution in [2.24, 2.45) is 0 Å². The zero-order valence-corrected chi connectivity index (χ0v) is 16.3. The zero-order chi connectivity index (χ0) is 17.0. The van der Waals surface area contributed by atoms with Gasteiger partial charge in [0, 0.05) is 24.5 Å². The first-order valence-corrected chi connectivity index (χ1v) is 11.0. The van der Waals surface area contributed by atoms with Crippen molar-refractivity contribution in [3.05, 3.63) is 30.3 Å². The molecule has 0 bridgehead atoms. The topological polar surface area (TPSA) is 27.7 Å². The van der Waals surface area contributed by atoms with Crippen molar-refractivity contribution in [1.82, 2.24) is 0 Å². The number of benzene rings is 1. The molecule has 0 saturated carbocycles. The van der Waals surface area contributed by atoms with Crippen LogP contribution < -0.4 is 5.19 Å². The molecular formula is C19H34O3Si. The third-order valence-electron chi connectivity index (χ3n) is 3.78. The van der Waals surface area contributed by atoms with Crippen LogP contribution >= 0.6 is 0 Å². The van der Waals surface area contributed by atoms with E-state index in [9.17, 15) is 0 Å². The van der Waals surface area contributed by atoms with Crippen molar-refractivity contribution < 1.29 is 13.3 Å². The van der Waals surface area contributed by atoms with E-state index in [1.165, 1.54) is 12.8 Å². The third-order valence-corrected chi connectivity index (χ3v) is 6.63. The van der Waals surface area contributed by atoms with Crippen molar-refractivity contribution in [3.8, 4) is 0 Å². The second kappa shape index (κ2) is 11.8. The molecule has 0 radical (unpaired) electrons. The first-order valence-electron chi connectivity index (χ1n) is 9.23. The van der Waals surface area contributed by atoms with E-state index in [1.54, 1.807) is 0 Å². The molecular weight excluding hydrogens is 304 g/mol. The maximum Gasteiger partial charge on any atom is 0.537 e. The molecule has 3 nitrogen and oxygen atoms in total. The lowest BCUT2D eigenvalue weighted by molar-refractivity contribution is 0.0335. The average Bonchev–Trinajstić information content (AvgIpc) is 2.61. The van der Waals surface area contributed by atoms with Crippen molar-refractivity contribution >= 4 is 14.0 Å². The predicted octanol–water partition coefficient (Wildman–Crippen LogP) is 4.67. The molecule has 0 aromatic heterocycles. The van der Waals surface area contributed by atoms with Crippen LogP contribution in [0.1, 0.15) is 66.2 Å². The fourth-order valence-electron chi connectivity index (χ4n) is 2.46. The normalized spacial score (nSPS) is 13.2. The monoisotopic (exact) mass is 338 g/mol. The lowest BCUT2D eigenvalue weighted by atomic mass is 10.1. The Labute approximate surface area is 143 Å². The number of hydrogen-bond acceptors (Lipinski definition) is 3. The van der Waals surface area contributed by atoms with E-state index in [4.69, 9.17) is 13.3 Å². The maximum absolute atomic E-state index is 6.57. The minimum Gasteiger partial charge on any atom is -0.370 e. The molecule has 4 heteroatoms. The highest BCUT2D eigenvalue weighted by Gasteiger charge is 2.45. The van der Waals surface area contributed by atoms with Gasteiger partial charge in [0.1, 0.15) is 0 Å². The Kier molecular flexibility index (Phi) is 10.4. The van der Waals surface area contributed by atoms with Crippen LogP contribution in [-0.2, 0) is 13.3 Å². The third kappa shape index (κ3) is 6.75. The lowest BCUT2D eigenvalue weighted by Gasteiger charge is -2.33. The van der Waals surface area contributed by atoms with Crippen LogP contribution in [0.2, 0.25) is 0 Å². The summed E-state index contributed by atoms with van der Waals surface area (Å²) in [4.78, 5) is 0. The van der Waals surface area contributed by atoms with Crippen molar-refractivity contribution in [2.45, 2.75) is 72.3 Å². The van der Waals surface area contributed by atoms with Crippen LogP contribution in [0.15, 0.2) is 30.3 Å². The van der Waals surface area contributed by atoms with Crippen molar-refractivity contribution in [3.63, 3.8) is 0 Å². The van der Waals surface area contributed by atoms with E-state index in [0.29, 0.717) is 13.2 Å². The molecule has 1 atom stereocenters. The van der Waals surface area contributed by atoms with Crippen molar-refractivity contribution in [2.75, 3.05) is 13.2 Å². The molecule has 0 aliphatic carbocycles. The Bertz CT molecular complexity index is 389. The van der Waals surface area contributed by atoms with Gasteiger partial charge in [-0.05, 0) is 25.7 Å². The van der Waals surface area contributed by atoms with Crippen LogP contribution in [0.5, 0.6) is 0 Å². The van der Waals surface area contributed by atoms with Gasteiger partial charge in [-0.15, -0.1) is 0 Å². The summed E-state index contributed by atoms with van der Waals surface area (Å²) in [5.41, 5.74) is 0. The number of unbranched alkanes of at least 4 members (excludes halogenated alkanes) is 1. The van der Waals surface area contributed by atoms with Gasteiger partial charge >= 0.3 is 8.80 Å². The van der Waals surface area contributed by atoms with Gasteiger partial charge in [-0.3, -0.25) is 0 Å². The zero-order valence-electron chi connectivity index (χ0n) is 15.3. The predicted molar refractivity (Wildman–Crippen MR) is 99.0 cm³/mol. The molecule has 0 amide bonds. The fraction of sp³-hybridized carbons (Fsp3) is 0.684. The second-order valence-corrected chi connectivity index (χ2v) is 8.41. The Balaban J connectivity index is 3.03. The molecule has 0 fully saturated rings. The summed E-state index contributed by atoms with van der Waals surface area (Å²) in [6.45, 7) is 10.0. The minimum atomic E-state index is -2.85. The average molecular weight is 339 g/mol. The SMILES string of the molecule is CCCCC(CC)O[Si](OCCC)(OCCC)c1ccccc1. The van der Waals surface area contributed by atoms with Crippen LogP contribution in [-0.4, -0.2) is 28.1 Å². The standard InChI is InChI=1S/C19H34O3Si/c1-5-9-13-18(8-4)22-23(20-16-6-2,21-17-7-3)19-14-11-10-12-15-19/h10-12,14-15,18H,5-9,13,16-17H2,1-4H3. The van der Waals surface area contributed by atoms with Crippen LogP contribution in [0.4, 0.5) is 0 Å². The Morgan fingerprint density at radius 3 is 1.96 bits per heavy atom. The summed E-state index contributed by atoms with van der Waals surface area (Å²) < 4.78 is 19.1. The van der Waals surface area contributed by atoms with Crippen molar-refractivity contribution in [1.29, 1.82) is 0 Å². The molecule has 0 aliphatic heterocycles. The molecule has 0 heterocycles. The molecule has 1 rings (SSSR count). The smallest absolute Gasteiger partial charge is 0.370 e. The summed E-state index contributed by atoms with van der Waals surface area (Å²) in [6, 6.07) is 10.3. The van der Waals surface area contributed by atoms with Crippen LogP contribution in [0.25, 0.3) is 0 Å². The summed E-state index contributed by atoms with van der Waals surface area (Å²) in [6.07, 6.45) is 6.56. The molecule has 1 unspecified atom stereocenters. The molecule has 23 heavy (non-hydrogen) atoms. The van der Waals surface area contributed by atoms with Gasteiger partial charge < -0.3 is 13.3 Å². The van der Waals surface area contributed by atoms with E-state index in [1.807, 2.05) is 18.2 Å². The molecule has 0 spiro atoms. The van der Waals surface area contributed by atoms with E-state index in [0.717, 1.165) is 30.9 Å².